The van der Waals surface area contributed by atoms with E-state index in [1.165, 1.54) is 32.1 Å². The first-order valence-electron chi connectivity index (χ1n) is 8.31. The van der Waals surface area contributed by atoms with Crippen molar-refractivity contribution in [2.24, 2.45) is 23.2 Å². The molecule has 112 valence electrons. The van der Waals surface area contributed by atoms with Crippen molar-refractivity contribution in [1.29, 1.82) is 0 Å². The monoisotopic (exact) mass is 268 g/mol. The average molecular weight is 268 g/mol. The molecule has 2 aliphatic carbocycles. The maximum absolute atomic E-state index is 10.3. The quantitative estimate of drug-likeness (QED) is 0.797. The van der Waals surface area contributed by atoms with E-state index >= 15 is 0 Å². The lowest BCUT2D eigenvalue weighted by atomic mass is 9.61. The lowest BCUT2D eigenvalue weighted by molar-refractivity contribution is -0.0279. The highest BCUT2D eigenvalue weighted by atomic mass is 16.3. The zero-order valence-corrected chi connectivity index (χ0v) is 12.9. The van der Waals surface area contributed by atoms with Crippen LogP contribution in [0.4, 0.5) is 0 Å². The van der Waals surface area contributed by atoms with E-state index in [4.69, 9.17) is 0 Å². The summed E-state index contributed by atoms with van der Waals surface area (Å²) in [4.78, 5) is 0. The molecule has 0 spiro atoms. The Morgan fingerprint density at radius 1 is 1.16 bits per heavy atom. The van der Waals surface area contributed by atoms with E-state index in [-0.39, 0.29) is 12.2 Å². The topological polar surface area (TPSA) is 40.5 Å². The van der Waals surface area contributed by atoms with Crippen LogP contribution in [0.3, 0.4) is 0 Å². The molecule has 2 heteroatoms. The fourth-order valence-electron chi connectivity index (χ4n) is 5.06. The standard InChI is InChI=1S/C17H32O2/c1-12(6-4-7-13(2)18)14-9-10-15-16(19)8-5-11-17(14,15)3/h12-16,18-19H,4-11H2,1-3H3/t12-,13?,14?,15+,16+,17-/m1/s1. The zero-order valence-electron chi connectivity index (χ0n) is 12.9. The number of fused-ring (bicyclic) bond motifs is 1. The summed E-state index contributed by atoms with van der Waals surface area (Å²) in [5, 5.41) is 19.6. The van der Waals surface area contributed by atoms with Crippen molar-refractivity contribution in [3.8, 4) is 0 Å². The van der Waals surface area contributed by atoms with Gasteiger partial charge in [0, 0.05) is 0 Å². The third kappa shape index (κ3) is 3.16. The molecule has 2 rings (SSSR count). The predicted molar refractivity (Wildman–Crippen MR) is 78.9 cm³/mol. The van der Waals surface area contributed by atoms with Crippen LogP contribution in [0.15, 0.2) is 0 Å². The Bertz CT molecular complexity index is 289. The molecule has 2 nitrogen and oxygen atoms in total. The first kappa shape index (κ1) is 15.3. The Morgan fingerprint density at radius 3 is 2.58 bits per heavy atom. The van der Waals surface area contributed by atoms with Gasteiger partial charge in [-0.05, 0) is 62.2 Å². The molecule has 2 unspecified atom stereocenters. The third-order valence-electron chi connectivity index (χ3n) is 6.13. The molecule has 0 radical (unpaired) electrons. The molecule has 2 N–H and O–H groups in total. The first-order valence-corrected chi connectivity index (χ1v) is 8.31. The van der Waals surface area contributed by atoms with E-state index in [0.29, 0.717) is 11.3 Å². The average Bonchev–Trinajstić information content (AvgIpc) is 2.67. The summed E-state index contributed by atoms with van der Waals surface area (Å²) in [5.74, 6) is 2.06. The smallest absolute Gasteiger partial charge is 0.0573 e. The van der Waals surface area contributed by atoms with Gasteiger partial charge >= 0.3 is 0 Å². The van der Waals surface area contributed by atoms with Crippen LogP contribution >= 0.6 is 0 Å². The normalized spacial score (nSPS) is 41.8. The Labute approximate surface area is 118 Å². The molecule has 2 saturated carbocycles. The molecule has 0 saturated heterocycles. The minimum absolute atomic E-state index is 0.0478. The van der Waals surface area contributed by atoms with Crippen LogP contribution in [-0.2, 0) is 0 Å². The predicted octanol–water partition coefficient (Wildman–Crippen LogP) is 3.75. The van der Waals surface area contributed by atoms with E-state index < -0.39 is 0 Å². The first-order chi connectivity index (χ1) is 8.95. The van der Waals surface area contributed by atoms with Gasteiger partial charge in [0.15, 0.2) is 0 Å². The van der Waals surface area contributed by atoms with Gasteiger partial charge in [0.1, 0.15) is 0 Å². The van der Waals surface area contributed by atoms with Gasteiger partial charge in [-0.2, -0.15) is 0 Å². The summed E-state index contributed by atoms with van der Waals surface area (Å²) in [6.45, 7) is 6.71. The molecular weight excluding hydrogens is 236 g/mol. The summed E-state index contributed by atoms with van der Waals surface area (Å²) in [6, 6.07) is 0. The van der Waals surface area contributed by atoms with Gasteiger partial charge in [-0.1, -0.05) is 33.1 Å². The van der Waals surface area contributed by atoms with E-state index in [2.05, 4.69) is 13.8 Å². The van der Waals surface area contributed by atoms with Crippen molar-refractivity contribution >= 4 is 0 Å². The number of aliphatic hydroxyl groups excluding tert-OH is 2. The zero-order chi connectivity index (χ0) is 14.0. The highest BCUT2D eigenvalue weighted by Crippen LogP contribution is 2.58. The van der Waals surface area contributed by atoms with Crippen molar-refractivity contribution in [2.45, 2.75) is 84.3 Å². The van der Waals surface area contributed by atoms with E-state index in [1.54, 1.807) is 0 Å². The van der Waals surface area contributed by atoms with Gasteiger partial charge in [0.05, 0.1) is 12.2 Å². The minimum Gasteiger partial charge on any atom is -0.393 e. The second-order valence-electron chi connectivity index (χ2n) is 7.51. The molecule has 0 aromatic heterocycles. The Balaban J connectivity index is 1.93. The summed E-state index contributed by atoms with van der Waals surface area (Å²) in [5.41, 5.74) is 0.377. The summed E-state index contributed by atoms with van der Waals surface area (Å²) in [6.07, 6.45) is 9.14. The van der Waals surface area contributed by atoms with Crippen molar-refractivity contribution < 1.29 is 10.2 Å². The molecule has 2 aliphatic rings. The molecule has 2 fully saturated rings. The van der Waals surface area contributed by atoms with Crippen molar-refractivity contribution in [3.05, 3.63) is 0 Å². The van der Waals surface area contributed by atoms with E-state index in [9.17, 15) is 10.2 Å². The molecule has 0 aliphatic heterocycles. The van der Waals surface area contributed by atoms with Crippen LogP contribution in [0.5, 0.6) is 0 Å². The molecule has 19 heavy (non-hydrogen) atoms. The van der Waals surface area contributed by atoms with Crippen molar-refractivity contribution in [1.82, 2.24) is 0 Å². The fraction of sp³-hybridized carbons (Fsp3) is 1.00. The number of rotatable bonds is 5. The van der Waals surface area contributed by atoms with E-state index in [1.807, 2.05) is 6.92 Å². The highest BCUT2D eigenvalue weighted by Gasteiger charge is 2.51. The minimum atomic E-state index is -0.157. The second kappa shape index (κ2) is 6.13. The highest BCUT2D eigenvalue weighted by molar-refractivity contribution is 5.01. The molecule has 0 amide bonds. The maximum Gasteiger partial charge on any atom is 0.0573 e. The fourth-order valence-corrected chi connectivity index (χ4v) is 5.06. The van der Waals surface area contributed by atoms with Gasteiger partial charge in [0.2, 0.25) is 0 Å². The van der Waals surface area contributed by atoms with Gasteiger partial charge in [-0.15, -0.1) is 0 Å². The van der Waals surface area contributed by atoms with Crippen molar-refractivity contribution in [3.63, 3.8) is 0 Å². The van der Waals surface area contributed by atoms with Crippen LogP contribution in [0.2, 0.25) is 0 Å². The van der Waals surface area contributed by atoms with Crippen LogP contribution in [0.1, 0.15) is 72.1 Å². The number of hydrogen-bond donors (Lipinski definition) is 2. The van der Waals surface area contributed by atoms with E-state index in [0.717, 1.165) is 31.1 Å². The van der Waals surface area contributed by atoms with Gasteiger partial charge in [0.25, 0.3) is 0 Å². The number of aliphatic hydroxyl groups is 2. The third-order valence-corrected chi connectivity index (χ3v) is 6.13. The Morgan fingerprint density at radius 2 is 1.89 bits per heavy atom. The largest absolute Gasteiger partial charge is 0.393 e. The van der Waals surface area contributed by atoms with Crippen molar-refractivity contribution in [2.75, 3.05) is 0 Å². The molecular formula is C17H32O2. The van der Waals surface area contributed by atoms with Crippen LogP contribution in [0, 0.1) is 23.2 Å². The maximum atomic E-state index is 10.3. The van der Waals surface area contributed by atoms with Gasteiger partial charge < -0.3 is 10.2 Å². The second-order valence-corrected chi connectivity index (χ2v) is 7.51. The Hall–Kier alpha value is -0.0800. The number of hydrogen-bond acceptors (Lipinski definition) is 2. The van der Waals surface area contributed by atoms with Gasteiger partial charge in [-0.3, -0.25) is 0 Å². The lowest BCUT2D eigenvalue weighted by Gasteiger charge is -2.45. The summed E-state index contributed by atoms with van der Waals surface area (Å²) >= 11 is 0. The van der Waals surface area contributed by atoms with Crippen LogP contribution in [0.25, 0.3) is 0 Å². The summed E-state index contributed by atoms with van der Waals surface area (Å²) in [7, 11) is 0. The molecule has 0 heterocycles. The lowest BCUT2D eigenvalue weighted by Crippen LogP contribution is -2.41. The summed E-state index contributed by atoms with van der Waals surface area (Å²) < 4.78 is 0. The molecule has 0 bridgehead atoms. The van der Waals surface area contributed by atoms with Gasteiger partial charge in [-0.25, -0.2) is 0 Å². The molecule has 6 atom stereocenters. The Kier molecular flexibility index (Phi) is 4.94. The SMILES string of the molecule is CC(O)CCC[C@@H](C)C1CC[C@H]2[C@@H](O)CCC[C@]12C. The molecule has 0 aromatic rings. The van der Waals surface area contributed by atoms with Crippen LogP contribution in [-0.4, -0.2) is 22.4 Å². The molecule has 0 aromatic carbocycles. The van der Waals surface area contributed by atoms with Crippen LogP contribution < -0.4 is 0 Å².